The second kappa shape index (κ2) is 6.30. The fraction of sp³-hybridized carbons (Fsp3) is 0.188. The van der Waals surface area contributed by atoms with Crippen molar-refractivity contribution in [2.75, 3.05) is 0 Å². The van der Waals surface area contributed by atoms with Crippen LogP contribution in [0, 0.1) is 0 Å². The average Bonchev–Trinajstić information content (AvgIpc) is 2.49. The van der Waals surface area contributed by atoms with E-state index >= 15 is 0 Å². The molecule has 0 saturated carbocycles. The van der Waals surface area contributed by atoms with Gasteiger partial charge in [-0.25, -0.2) is 0 Å². The number of carbonyl (C=O) groups is 1. The van der Waals surface area contributed by atoms with Crippen LogP contribution in [0.3, 0.4) is 0 Å². The molecule has 9 heteroatoms. The quantitative estimate of drug-likeness (QED) is 0.649. The number of benzene rings is 2. The number of ether oxygens (including phenoxy) is 1. The number of alkyl halides is 6. The van der Waals surface area contributed by atoms with Gasteiger partial charge >= 0.3 is 12.4 Å². The molecule has 0 atom stereocenters. The lowest BCUT2D eigenvalue weighted by Crippen LogP contribution is -2.54. The Labute approximate surface area is 137 Å². The van der Waals surface area contributed by atoms with Crippen LogP contribution in [0.15, 0.2) is 48.5 Å². The van der Waals surface area contributed by atoms with E-state index in [0.29, 0.717) is 24.3 Å². The van der Waals surface area contributed by atoms with Gasteiger partial charge in [0.05, 0.1) is 0 Å². The van der Waals surface area contributed by atoms with Gasteiger partial charge in [-0.15, -0.1) is 0 Å². The fourth-order valence-corrected chi connectivity index (χ4v) is 2.53. The van der Waals surface area contributed by atoms with Crippen LogP contribution in [-0.2, 0) is 10.2 Å². The molecule has 0 heterocycles. The summed E-state index contributed by atoms with van der Waals surface area (Å²) >= 11 is 0. The first kappa shape index (κ1) is 18.6. The van der Waals surface area contributed by atoms with Gasteiger partial charge in [0.15, 0.2) is 0 Å². The summed E-state index contributed by atoms with van der Waals surface area (Å²) in [7, 11) is 0. The third-order valence-corrected chi connectivity index (χ3v) is 3.62. The van der Waals surface area contributed by atoms with Crippen LogP contribution in [0.4, 0.5) is 26.3 Å². The van der Waals surface area contributed by atoms with E-state index in [1.807, 2.05) is 0 Å². The molecule has 0 bridgehead atoms. The summed E-state index contributed by atoms with van der Waals surface area (Å²) in [5.41, 5.74) is -6.52. The number of hydrogen-bond donors (Lipinski definition) is 1. The van der Waals surface area contributed by atoms with Crippen molar-refractivity contribution in [3.8, 4) is 11.5 Å². The largest absolute Gasteiger partial charge is 0.508 e. The minimum atomic E-state index is -5.73. The van der Waals surface area contributed by atoms with Crippen LogP contribution in [0.1, 0.15) is 11.1 Å². The highest BCUT2D eigenvalue weighted by Crippen LogP contribution is 2.56. The first-order valence-corrected chi connectivity index (χ1v) is 6.68. The lowest BCUT2D eigenvalue weighted by atomic mass is 9.73. The van der Waals surface area contributed by atoms with Gasteiger partial charge in [-0.2, -0.15) is 26.3 Å². The van der Waals surface area contributed by atoms with Crippen molar-refractivity contribution < 1.29 is 41.0 Å². The molecule has 2 rings (SSSR count). The van der Waals surface area contributed by atoms with Crippen molar-refractivity contribution in [1.82, 2.24) is 0 Å². The van der Waals surface area contributed by atoms with Crippen molar-refractivity contribution >= 4 is 6.47 Å². The molecule has 0 saturated heterocycles. The van der Waals surface area contributed by atoms with E-state index in [1.54, 1.807) is 0 Å². The average molecular weight is 364 g/mol. The van der Waals surface area contributed by atoms with E-state index in [9.17, 15) is 36.2 Å². The molecule has 2 aromatic rings. The molecule has 0 aliphatic heterocycles. The zero-order chi connectivity index (χ0) is 18.9. The molecule has 3 nitrogen and oxygen atoms in total. The molecular weight excluding hydrogens is 354 g/mol. The monoisotopic (exact) mass is 364 g/mol. The molecule has 0 aliphatic rings. The zero-order valence-electron chi connectivity index (χ0n) is 12.2. The van der Waals surface area contributed by atoms with Crippen LogP contribution >= 0.6 is 0 Å². The van der Waals surface area contributed by atoms with Crippen LogP contribution in [0.2, 0.25) is 0 Å². The van der Waals surface area contributed by atoms with E-state index < -0.39 is 34.6 Å². The summed E-state index contributed by atoms with van der Waals surface area (Å²) in [5.74, 6) is -0.681. The lowest BCUT2D eigenvalue weighted by molar-refractivity contribution is -0.288. The molecule has 1 N–H and O–H groups in total. The van der Waals surface area contributed by atoms with Crippen molar-refractivity contribution in [2.24, 2.45) is 0 Å². The third kappa shape index (κ3) is 3.13. The minimum Gasteiger partial charge on any atom is -0.508 e. The number of halogens is 6. The van der Waals surface area contributed by atoms with Gasteiger partial charge < -0.3 is 9.84 Å². The summed E-state index contributed by atoms with van der Waals surface area (Å²) < 4.78 is 86.7. The lowest BCUT2D eigenvalue weighted by Gasteiger charge is -2.38. The van der Waals surface area contributed by atoms with Gasteiger partial charge in [-0.3, -0.25) is 4.79 Å². The van der Waals surface area contributed by atoms with Gasteiger partial charge in [-0.1, -0.05) is 24.3 Å². The van der Waals surface area contributed by atoms with Crippen molar-refractivity contribution in [3.05, 3.63) is 59.7 Å². The highest BCUT2D eigenvalue weighted by atomic mass is 19.4. The summed E-state index contributed by atoms with van der Waals surface area (Å²) in [4.78, 5) is 10.2. The van der Waals surface area contributed by atoms with E-state index in [0.717, 1.165) is 24.3 Å². The Kier molecular flexibility index (Phi) is 4.70. The zero-order valence-corrected chi connectivity index (χ0v) is 12.2. The summed E-state index contributed by atoms with van der Waals surface area (Å²) in [6.45, 7) is -0.00422. The van der Waals surface area contributed by atoms with Crippen LogP contribution in [-0.4, -0.2) is 23.9 Å². The summed E-state index contributed by atoms with van der Waals surface area (Å²) in [5, 5.41) is 9.18. The van der Waals surface area contributed by atoms with E-state index in [-0.39, 0.29) is 12.2 Å². The van der Waals surface area contributed by atoms with E-state index in [2.05, 4.69) is 4.74 Å². The van der Waals surface area contributed by atoms with E-state index in [1.165, 1.54) is 0 Å². The highest BCUT2D eigenvalue weighted by molar-refractivity contribution is 5.49. The molecule has 0 unspecified atom stereocenters. The predicted octanol–water partition coefficient (Wildman–Crippen LogP) is 4.34. The first-order valence-electron chi connectivity index (χ1n) is 6.68. The van der Waals surface area contributed by atoms with Crippen LogP contribution in [0.5, 0.6) is 11.5 Å². The Morgan fingerprint density at radius 2 is 1.16 bits per heavy atom. The van der Waals surface area contributed by atoms with Gasteiger partial charge in [0.1, 0.15) is 11.5 Å². The molecular formula is C16H10F6O3. The second-order valence-corrected chi connectivity index (χ2v) is 5.03. The van der Waals surface area contributed by atoms with E-state index in [4.69, 9.17) is 0 Å². The SMILES string of the molecule is O=COc1ccc(C(c2ccc(O)cc2)(C(F)(F)F)C(F)(F)F)cc1. The summed E-state index contributed by atoms with van der Waals surface area (Å²) in [6, 6.07) is 5.45. The van der Waals surface area contributed by atoms with Gasteiger partial charge in [0, 0.05) is 0 Å². The Hall–Kier alpha value is -2.71. The molecule has 0 fully saturated rings. The number of hydrogen-bond acceptors (Lipinski definition) is 3. The molecule has 2 aromatic carbocycles. The second-order valence-electron chi connectivity index (χ2n) is 5.03. The van der Waals surface area contributed by atoms with Crippen molar-refractivity contribution in [2.45, 2.75) is 17.8 Å². The van der Waals surface area contributed by atoms with Gasteiger partial charge in [0.25, 0.3) is 6.47 Å². The Balaban J connectivity index is 2.78. The summed E-state index contributed by atoms with van der Waals surface area (Å²) in [6.07, 6.45) is -11.5. The molecule has 25 heavy (non-hydrogen) atoms. The predicted molar refractivity (Wildman–Crippen MR) is 74.1 cm³/mol. The smallest absolute Gasteiger partial charge is 0.411 e. The van der Waals surface area contributed by atoms with Gasteiger partial charge in [0.2, 0.25) is 5.41 Å². The standard InChI is InChI=1S/C16H10F6O3/c17-15(18,19)14(16(20,21)22,10-1-5-12(24)6-2-10)11-3-7-13(8-4-11)25-9-23/h1-9,24H. The van der Waals surface area contributed by atoms with Crippen molar-refractivity contribution in [1.29, 1.82) is 0 Å². The Bertz CT molecular complexity index is 718. The molecule has 134 valence electrons. The maximum Gasteiger partial charge on any atom is 0.411 e. The molecule has 0 aliphatic carbocycles. The number of aromatic hydroxyl groups is 1. The molecule has 0 amide bonds. The third-order valence-electron chi connectivity index (χ3n) is 3.62. The maximum absolute atomic E-state index is 13.7. The topological polar surface area (TPSA) is 46.5 Å². The fourth-order valence-electron chi connectivity index (χ4n) is 2.53. The Morgan fingerprint density at radius 1 is 0.760 bits per heavy atom. The minimum absolute atomic E-state index is 0.00422. The number of phenolic OH excluding ortho intramolecular Hbond substituents is 1. The first-order chi connectivity index (χ1) is 11.5. The molecule has 0 aromatic heterocycles. The number of phenols is 1. The normalized spacial score (nSPS) is 12.7. The number of rotatable bonds is 4. The maximum atomic E-state index is 13.7. The van der Waals surface area contributed by atoms with Crippen LogP contribution < -0.4 is 4.74 Å². The van der Waals surface area contributed by atoms with Crippen molar-refractivity contribution in [3.63, 3.8) is 0 Å². The van der Waals surface area contributed by atoms with Crippen LogP contribution in [0.25, 0.3) is 0 Å². The number of carbonyl (C=O) groups excluding carboxylic acids is 1. The molecule has 0 spiro atoms. The Morgan fingerprint density at radius 3 is 1.52 bits per heavy atom. The highest BCUT2D eigenvalue weighted by Gasteiger charge is 2.72. The van der Waals surface area contributed by atoms with Gasteiger partial charge in [-0.05, 0) is 35.4 Å². The molecule has 0 radical (unpaired) electrons.